The Morgan fingerprint density at radius 3 is 3.07 bits per heavy atom. The number of ether oxygens (including phenoxy) is 1. The van der Waals surface area contributed by atoms with Crippen LogP contribution in [0.1, 0.15) is 32.6 Å². The molecule has 1 rings (SSSR count). The monoisotopic (exact) mass is 214 g/mol. The van der Waals surface area contributed by atoms with E-state index in [-0.39, 0.29) is 12.5 Å². The summed E-state index contributed by atoms with van der Waals surface area (Å²) in [6.07, 6.45) is 4.44. The molecule has 0 aromatic heterocycles. The van der Waals surface area contributed by atoms with Crippen LogP contribution in [0.15, 0.2) is 0 Å². The third-order valence-electron chi connectivity index (χ3n) is 2.55. The number of amides is 1. The lowest BCUT2D eigenvalue weighted by Crippen LogP contribution is -2.38. The van der Waals surface area contributed by atoms with Crippen molar-refractivity contribution >= 4 is 5.91 Å². The number of carbonyl (C=O) groups is 1. The second kappa shape index (κ2) is 7.65. The van der Waals surface area contributed by atoms with Gasteiger partial charge in [0.1, 0.15) is 6.61 Å². The molecule has 4 heteroatoms. The van der Waals surface area contributed by atoms with Crippen molar-refractivity contribution in [3.63, 3.8) is 0 Å². The minimum atomic E-state index is 0.0141. The van der Waals surface area contributed by atoms with E-state index in [0.29, 0.717) is 12.6 Å². The number of unbranched alkanes of at least 4 members (excludes halogenated alkanes) is 2. The van der Waals surface area contributed by atoms with E-state index in [1.54, 1.807) is 0 Å². The van der Waals surface area contributed by atoms with Gasteiger partial charge in [0.05, 0.1) is 0 Å². The van der Waals surface area contributed by atoms with Crippen molar-refractivity contribution in [1.29, 1.82) is 0 Å². The van der Waals surface area contributed by atoms with Crippen LogP contribution in [-0.4, -0.2) is 38.3 Å². The second-order valence-corrected chi connectivity index (χ2v) is 4.02. The maximum Gasteiger partial charge on any atom is 0.246 e. The lowest BCUT2D eigenvalue weighted by Gasteiger charge is -2.11. The molecule has 15 heavy (non-hydrogen) atoms. The van der Waals surface area contributed by atoms with Crippen LogP contribution in [0.5, 0.6) is 0 Å². The Hall–Kier alpha value is -0.610. The fraction of sp³-hybridized carbons (Fsp3) is 0.909. The fourth-order valence-electron chi connectivity index (χ4n) is 1.67. The minimum Gasteiger partial charge on any atom is -0.372 e. The number of rotatable bonds is 7. The standard InChI is InChI=1S/C11H22N2O2/c1-2-3-4-7-15-9-11(14)13-10-5-6-12-8-10/h10,12H,2-9H2,1H3,(H,13,14). The van der Waals surface area contributed by atoms with Crippen LogP contribution in [0.2, 0.25) is 0 Å². The molecule has 1 aliphatic rings. The van der Waals surface area contributed by atoms with Gasteiger partial charge in [-0.05, 0) is 19.4 Å². The Labute approximate surface area is 91.8 Å². The molecular formula is C11H22N2O2. The zero-order chi connectivity index (χ0) is 10.9. The topological polar surface area (TPSA) is 50.4 Å². The van der Waals surface area contributed by atoms with E-state index < -0.39 is 0 Å². The molecule has 0 aromatic rings. The van der Waals surface area contributed by atoms with Crippen molar-refractivity contribution in [3.05, 3.63) is 0 Å². The fourth-order valence-corrected chi connectivity index (χ4v) is 1.67. The zero-order valence-electron chi connectivity index (χ0n) is 9.55. The van der Waals surface area contributed by atoms with E-state index in [9.17, 15) is 4.79 Å². The van der Waals surface area contributed by atoms with Gasteiger partial charge in [0, 0.05) is 19.2 Å². The molecule has 88 valence electrons. The van der Waals surface area contributed by atoms with Crippen molar-refractivity contribution in [2.75, 3.05) is 26.3 Å². The molecule has 0 radical (unpaired) electrons. The predicted octanol–water partition coefficient (Wildman–Crippen LogP) is 0.671. The van der Waals surface area contributed by atoms with E-state index in [2.05, 4.69) is 17.6 Å². The van der Waals surface area contributed by atoms with Crippen LogP contribution in [0.3, 0.4) is 0 Å². The molecule has 0 aliphatic carbocycles. The minimum absolute atomic E-state index is 0.0141. The largest absolute Gasteiger partial charge is 0.372 e. The van der Waals surface area contributed by atoms with Crippen LogP contribution < -0.4 is 10.6 Å². The molecule has 0 bridgehead atoms. The van der Waals surface area contributed by atoms with Gasteiger partial charge in [0.15, 0.2) is 0 Å². The van der Waals surface area contributed by atoms with Crippen molar-refractivity contribution in [2.45, 2.75) is 38.6 Å². The number of hydrogen-bond acceptors (Lipinski definition) is 3. The lowest BCUT2D eigenvalue weighted by molar-refractivity contribution is -0.126. The van der Waals surface area contributed by atoms with Crippen molar-refractivity contribution < 1.29 is 9.53 Å². The first-order valence-corrected chi connectivity index (χ1v) is 5.90. The van der Waals surface area contributed by atoms with Crippen LogP contribution in [0.4, 0.5) is 0 Å². The Bertz CT molecular complexity index is 179. The van der Waals surface area contributed by atoms with Crippen LogP contribution in [-0.2, 0) is 9.53 Å². The number of hydrogen-bond donors (Lipinski definition) is 2. The van der Waals surface area contributed by atoms with Gasteiger partial charge in [0.2, 0.25) is 5.91 Å². The quantitative estimate of drug-likeness (QED) is 0.612. The number of carbonyl (C=O) groups excluding carboxylic acids is 1. The molecule has 0 aromatic carbocycles. The zero-order valence-corrected chi connectivity index (χ0v) is 9.55. The summed E-state index contributed by atoms with van der Waals surface area (Å²) in [5, 5.41) is 6.15. The van der Waals surface area contributed by atoms with E-state index in [0.717, 1.165) is 25.9 Å². The summed E-state index contributed by atoms with van der Waals surface area (Å²) in [4.78, 5) is 11.4. The molecular weight excluding hydrogens is 192 g/mol. The van der Waals surface area contributed by atoms with Gasteiger partial charge in [-0.25, -0.2) is 0 Å². The molecule has 1 amide bonds. The molecule has 1 saturated heterocycles. The van der Waals surface area contributed by atoms with Crippen LogP contribution in [0.25, 0.3) is 0 Å². The highest BCUT2D eigenvalue weighted by molar-refractivity contribution is 5.77. The van der Waals surface area contributed by atoms with Crippen LogP contribution >= 0.6 is 0 Å². The van der Waals surface area contributed by atoms with Crippen LogP contribution in [0, 0.1) is 0 Å². The first-order chi connectivity index (χ1) is 7.33. The Morgan fingerprint density at radius 2 is 2.40 bits per heavy atom. The SMILES string of the molecule is CCCCCOCC(=O)NC1CCNC1. The molecule has 1 aliphatic heterocycles. The summed E-state index contributed by atoms with van der Waals surface area (Å²) in [5.74, 6) is 0.0141. The molecule has 0 saturated carbocycles. The van der Waals surface area contributed by atoms with E-state index in [1.165, 1.54) is 12.8 Å². The smallest absolute Gasteiger partial charge is 0.246 e. The van der Waals surface area contributed by atoms with Crippen molar-refractivity contribution in [2.24, 2.45) is 0 Å². The highest BCUT2D eigenvalue weighted by Crippen LogP contribution is 1.97. The predicted molar refractivity (Wildman–Crippen MR) is 59.8 cm³/mol. The third kappa shape index (κ3) is 5.74. The Balaban J connectivity index is 1.93. The second-order valence-electron chi connectivity index (χ2n) is 4.02. The molecule has 2 N–H and O–H groups in total. The summed E-state index contributed by atoms with van der Waals surface area (Å²) in [5.41, 5.74) is 0. The van der Waals surface area contributed by atoms with E-state index >= 15 is 0 Å². The summed E-state index contributed by atoms with van der Waals surface area (Å²) < 4.78 is 5.28. The summed E-state index contributed by atoms with van der Waals surface area (Å²) in [6.45, 7) is 4.95. The molecule has 1 heterocycles. The van der Waals surface area contributed by atoms with Gasteiger partial charge in [-0.15, -0.1) is 0 Å². The van der Waals surface area contributed by atoms with Gasteiger partial charge in [-0.2, -0.15) is 0 Å². The molecule has 4 nitrogen and oxygen atoms in total. The Kier molecular flexibility index (Phi) is 6.36. The average molecular weight is 214 g/mol. The van der Waals surface area contributed by atoms with E-state index in [4.69, 9.17) is 4.74 Å². The van der Waals surface area contributed by atoms with Crippen molar-refractivity contribution in [3.8, 4) is 0 Å². The highest BCUT2D eigenvalue weighted by Gasteiger charge is 2.16. The molecule has 1 fully saturated rings. The van der Waals surface area contributed by atoms with Gasteiger partial charge >= 0.3 is 0 Å². The molecule has 1 unspecified atom stereocenters. The first kappa shape index (κ1) is 12.5. The van der Waals surface area contributed by atoms with E-state index in [1.807, 2.05) is 0 Å². The average Bonchev–Trinajstić information content (AvgIpc) is 2.70. The maximum atomic E-state index is 11.4. The summed E-state index contributed by atoms with van der Waals surface area (Å²) in [7, 11) is 0. The van der Waals surface area contributed by atoms with Crippen molar-refractivity contribution in [1.82, 2.24) is 10.6 Å². The number of nitrogens with one attached hydrogen (secondary N) is 2. The van der Waals surface area contributed by atoms with Gasteiger partial charge in [0.25, 0.3) is 0 Å². The summed E-state index contributed by atoms with van der Waals surface area (Å²) in [6, 6.07) is 0.303. The normalized spacial score (nSPS) is 20.5. The van der Waals surface area contributed by atoms with Gasteiger partial charge in [-0.3, -0.25) is 4.79 Å². The first-order valence-electron chi connectivity index (χ1n) is 5.90. The van der Waals surface area contributed by atoms with Gasteiger partial charge < -0.3 is 15.4 Å². The third-order valence-corrected chi connectivity index (χ3v) is 2.55. The Morgan fingerprint density at radius 1 is 1.53 bits per heavy atom. The lowest BCUT2D eigenvalue weighted by atomic mass is 10.2. The van der Waals surface area contributed by atoms with Gasteiger partial charge in [-0.1, -0.05) is 19.8 Å². The summed E-state index contributed by atoms with van der Waals surface area (Å²) >= 11 is 0. The highest BCUT2D eigenvalue weighted by atomic mass is 16.5. The maximum absolute atomic E-state index is 11.4. The molecule has 1 atom stereocenters. The molecule has 0 spiro atoms.